The average Bonchev–Trinajstić information content (AvgIpc) is 3.30. The van der Waals surface area contributed by atoms with Gasteiger partial charge in [0.05, 0.1) is 5.92 Å². The molecule has 1 N–H and O–H groups in total. The SMILES string of the molecule is CC(C)(C)OC(=O)COC(=O)C1CC2CC1C1C3CCC(C3)C21.CO. The highest BCUT2D eigenvalue weighted by Gasteiger charge is 2.63. The Morgan fingerprint density at radius 2 is 1.60 bits per heavy atom. The summed E-state index contributed by atoms with van der Waals surface area (Å²) in [6, 6.07) is 0. The van der Waals surface area contributed by atoms with Crippen LogP contribution in [0.1, 0.15) is 52.9 Å². The molecule has 0 spiro atoms. The van der Waals surface area contributed by atoms with Crippen LogP contribution >= 0.6 is 0 Å². The van der Waals surface area contributed by atoms with Crippen LogP contribution in [-0.4, -0.2) is 36.4 Å². The molecule has 25 heavy (non-hydrogen) atoms. The van der Waals surface area contributed by atoms with Crippen LogP contribution in [0.15, 0.2) is 0 Å². The molecule has 4 fully saturated rings. The number of carbonyl (C=O) groups is 2. The van der Waals surface area contributed by atoms with Gasteiger partial charge in [-0.15, -0.1) is 0 Å². The number of carbonyl (C=O) groups excluding carboxylic acids is 2. The summed E-state index contributed by atoms with van der Waals surface area (Å²) < 4.78 is 10.5. The van der Waals surface area contributed by atoms with Crippen LogP contribution in [0.5, 0.6) is 0 Å². The van der Waals surface area contributed by atoms with E-state index in [0.29, 0.717) is 5.92 Å². The predicted octanol–water partition coefficient (Wildman–Crippen LogP) is 2.80. The van der Waals surface area contributed by atoms with Gasteiger partial charge in [-0.2, -0.15) is 0 Å². The zero-order valence-electron chi connectivity index (χ0n) is 15.9. The van der Waals surface area contributed by atoms with Crippen LogP contribution in [-0.2, 0) is 19.1 Å². The van der Waals surface area contributed by atoms with Crippen molar-refractivity contribution in [2.45, 2.75) is 58.5 Å². The first-order valence-electron chi connectivity index (χ1n) is 9.66. The highest BCUT2D eigenvalue weighted by atomic mass is 16.6. The molecule has 0 saturated heterocycles. The molecular weight excluding hydrogens is 320 g/mol. The molecule has 0 radical (unpaired) electrons. The molecule has 5 heteroatoms. The van der Waals surface area contributed by atoms with Gasteiger partial charge in [-0.05, 0) is 88.4 Å². The largest absolute Gasteiger partial charge is 0.457 e. The van der Waals surface area contributed by atoms with E-state index in [1.165, 1.54) is 25.7 Å². The Kier molecular flexibility index (Phi) is 5.16. The maximum Gasteiger partial charge on any atom is 0.344 e. The first kappa shape index (κ1) is 18.7. The van der Waals surface area contributed by atoms with Crippen molar-refractivity contribution >= 4 is 11.9 Å². The second-order valence-corrected chi connectivity index (χ2v) is 9.18. The van der Waals surface area contributed by atoms with Crippen molar-refractivity contribution < 1.29 is 24.2 Å². The van der Waals surface area contributed by atoms with Gasteiger partial charge in [-0.25, -0.2) is 4.79 Å². The van der Waals surface area contributed by atoms with Gasteiger partial charge in [0.1, 0.15) is 5.60 Å². The maximum absolute atomic E-state index is 12.5. The molecule has 142 valence electrons. The number of aliphatic hydroxyl groups is 1. The standard InChI is InChI=1S/C19H28O4.CH4O/c1-19(2,3)23-15(20)9-22-18(21)14-8-12-7-13(14)17-11-5-4-10(6-11)16(12)17;1-2/h10-14,16-17H,4-9H2,1-3H3;2H,1H3. The summed E-state index contributed by atoms with van der Waals surface area (Å²) in [5.74, 6) is 4.14. The summed E-state index contributed by atoms with van der Waals surface area (Å²) in [7, 11) is 1.00. The van der Waals surface area contributed by atoms with E-state index in [0.717, 1.165) is 43.1 Å². The van der Waals surface area contributed by atoms with E-state index in [1.807, 2.05) is 20.8 Å². The van der Waals surface area contributed by atoms with E-state index in [2.05, 4.69) is 0 Å². The van der Waals surface area contributed by atoms with E-state index in [9.17, 15) is 9.59 Å². The van der Waals surface area contributed by atoms with Crippen LogP contribution in [0.25, 0.3) is 0 Å². The lowest BCUT2D eigenvalue weighted by Gasteiger charge is -2.37. The van der Waals surface area contributed by atoms with Crippen molar-refractivity contribution in [1.29, 1.82) is 0 Å². The molecule has 4 rings (SSSR count). The number of ether oxygens (including phenoxy) is 2. The average molecular weight is 352 g/mol. The molecular formula is C20H32O5. The second kappa shape index (κ2) is 6.90. The van der Waals surface area contributed by atoms with Gasteiger partial charge in [-0.3, -0.25) is 4.79 Å². The van der Waals surface area contributed by atoms with Crippen molar-refractivity contribution in [2.75, 3.05) is 13.7 Å². The number of hydrogen-bond donors (Lipinski definition) is 1. The van der Waals surface area contributed by atoms with Gasteiger partial charge in [0.15, 0.2) is 6.61 Å². The smallest absolute Gasteiger partial charge is 0.344 e. The fourth-order valence-corrected chi connectivity index (χ4v) is 6.44. The molecule has 4 aliphatic rings. The molecule has 4 bridgehead atoms. The second-order valence-electron chi connectivity index (χ2n) is 9.18. The Bertz CT molecular complexity index is 523. The summed E-state index contributed by atoms with van der Waals surface area (Å²) >= 11 is 0. The number of esters is 2. The molecule has 0 aromatic carbocycles. The molecule has 4 aliphatic carbocycles. The molecule has 5 nitrogen and oxygen atoms in total. The van der Waals surface area contributed by atoms with Gasteiger partial charge in [0.2, 0.25) is 0 Å². The summed E-state index contributed by atoms with van der Waals surface area (Å²) in [5.41, 5.74) is -0.535. The van der Waals surface area contributed by atoms with Crippen LogP contribution in [0.4, 0.5) is 0 Å². The Balaban J connectivity index is 0.000000880. The fraction of sp³-hybridized carbons (Fsp3) is 0.900. The zero-order chi connectivity index (χ0) is 18.4. The van der Waals surface area contributed by atoms with E-state index in [4.69, 9.17) is 14.6 Å². The molecule has 0 aromatic heterocycles. The third-order valence-electron chi connectivity index (χ3n) is 6.79. The lowest BCUT2D eigenvalue weighted by atomic mass is 9.67. The first-order valence-corrected chi connectivity index (χ1v) is 9.66. The third-order valence-corrected chi connectivity index (χ3v) is 6.79. The Morgan fingerprint density at radius 1 is 0.960 bits per heavy atom. The van der Waals surface area contributed by atoms with Crippen molar-refractivity contribution in [1.82, 2.24) is 0 Å². The van der Waals surface area contributed by atoms with Crippen molar-refractivity contribution in [2.24, 2.45) is 41.4 Å². The molecule has 7 atom stereocenters. The normalized spacial score (nSPS) is 40.3. The number of rotatable bonds is 3. The molecule has 0 heterocycles. The van der Waals surface area contributed by atoms with E-state index < -0.39 is 11.6 Å². The van der Waals surface area contributed by atoms with Crippen LogP contribution in [0.3, 0.4) is 0 Å². The fourth-order valence-electron chi connectivity index (χ4n) is 6.44. The quantitative estimate of drug-likeness (QED) is 0.624. The monoisotopic (exact) mass is 352 g/mol. The lowest BCUT2D eigenvalue weighted by Crippen LogP contribution is -2.37. The maximum atomic E-state index is 12.5. The topological polar surface area (TPSA) is 72.8 Å². The Labute approximate surface area is 150 Å². The van der Waals surface area contributed by atoms with E-state index in [-0.39, 0.29) is 18.5 Å². The Morgan fingerprint density at radius 3 is 2.24 bits per heavy atom. The summed E-state index contributed by atoms with van der Waals surface area (Å²) in [5, 5.41) is 7.00. The minimum Gasteiger partial charge on any atom is -0.457 e. The number of fused-ring (bicyclic) bond motifs is 9. The predicted molar refractivity (Wildman–Crippen MR) is 92.5 cm³/mol. The van der Waals surface area contributed by atoms with Crippen molar-refractivity contribution in [3.63, 3.8) is 0 Å². The van der Waals surface area contributed by atoms with Crippen molar-refractivity contribution in [3.8, 4) is 0 Å². The van der Waals surface area contributed by atoms with Gasteiger partial charge < -0.3 is 14.6 Å². The molecule has 7 unspecified atom stereocenters. The highest BCUT2D eigenvalue weighted by Crippen LogP contribution is 2.68. The summed E-state index contributed by atoms with van der Waals surface area (Å²) in [6.07, 6.45) is 6.40. The third kappa shape index (κ3) is 3.44. The van der Waals surface area contributed by atoms with Gasteiger partial charge in [0, 0.05) is 7.11 Å². The molecule has 0 aromatic rings. The highest BCUT2D eigenvalue weighted by molar-refractivity contribution is 5.78. The molecule has 4 saturated carbocycles. The van der Waals surface area contributed by atoms with Crippen LogP contribution in [0.2, 0.25) is 0 Å². The lowest BCUT2D eigenvalue weighted by molar-refractivity contribution is -0.169. The first-order chi connectivity index (χ1) is 11.8. The van der Waals surface area contributed by atoms with Crippen LogP contribution < -0.4 is 0 Å². The van der Waals surface area contributed by atoms with Gasteiger partial charge in [0.25, 0.3) is 0 Å². The van der Waals surface area contributed by atoms with Crippen molar-refractivity contribution in [3.05, 3.63) is 0 Å². The Hall–Kier alpha value is -1.10. The number of aliphatic hydroxyl groups excluding tert-OH is 1. The van der Waals surface area contributed by atoms with Crippen LogP contribution in [0, 0.1) is 41.4 Å². The summed E-state index contributed by atoms with van der Waals surface area (Å²) in [4.78, 5) is 24.2. The summed E-state index contributed by atoms with van der Waals surface area (Å²) in [6.45, 7) is 5.21. The van der Waals surface area contributed by atoms with Gasteiger partial charge >= 0.3 is 11.9 Å². The zero-order valence-corrected chi connectivity index (χ0v) is 15.9. The van der Waals surface area contributed by atoms with E-state index >= 15 is 0 Å². The van der Waals surface area contributed by atoms with Gasteiger partial charge in [-0.1, -0.05) is 0 Å². The minimum atomic E-state index is -0.535. The molecule has 0 aliphatic heterocycles. The molecule has 0 amide bonds. The number of hydrogen-bond acceptors (Lipinski definition) is 5. The van der Waals surface area contributed by atoms with E-state index in [1.54, 1.807) is 0 Å². The minimum absolute atomic E-state index is 0.0306.